The normalized spacial score (nSPS) is 20.2. The summed E-state index contributed by atoms with van der Waals surface area (Å²) in [6, 6.07) is 4.01. The first kappa shape index (κ1) is 10.7. The van der Waals surface area contributed by atoms with Crippen LogP contribution >= 0.6 is 0 Å². The van der Waals surface area contributed by atoms with E-state index in [1.165, 1.54) is 6.42 Å². The minimum Gasteiger partial charge on any atom is -0.326 e. The van der Waals surface area contributed by atoms with E-state index in [1.807, 2.05) is 18.3 Å². The molecular formula is C12H17N5. The van der Waals surface area contributed by atoms with Gasteiger partial charge in [0.1, 0.15) is 5.82 Å². The molecule has 0 aliphatic carbocycles. The van der Waals surface area contributed by atoms with Gasteiger partial charge in [-0.25, -0.2) is 0 Å². The molecule has 1 saturated heterocycles. The average Bonchev–Trinajstić information content (AvgIpc) is 2.99. The summed E-state index contributed by atoms with van der Waals surface area (Å²) in [5.74, 6) is 1.73. The van der Waals surface area contributed by atoms with Gasteiger partial charge in [0.15, 0.2) is 5.65 Å². The van der Waals surface area contributed by atoms with Crippen molar-refractivity contribution in [3.63, 3.8) is 0 Å². The van der Waals surface area contributed by atoms with Crippen molar-refractivity contribution in [2.45, 2.75) is 19.4 Å². The number of pyridine rings is 1. The van der Waals surface area contributed by atoms with Crippen LogP contribution in [0.1, 0.15) is 17.8 Å². The predicted molar refractivity (Wildman–Crippen MR) is 65.6 cm³/mol. The lowest BCUT2D eigenvalue weighted by Gasteiger charge is -2.06. The molecule has 3 rings (SSSR count). The number of fused-ring (bicyclic) bond motifs is 1. The molecule has 0 radical (unpaired) electrons. The summed E-state index contributed by atoms with van der Waals surface area (Å²) in [6.45, 7) is 2.72. The Labute approximate surface area is 100 Å². The van der Waals surface area contributed by atoms with E-state index in [9.17, 15) is 0 Å². The van der Waals surface area contributed by atoms with Gasteiger partial charge in [0.2, 0.25) is 0 Å². The Hall–Kier alpha value is -1.46. The van der Waals surface area contributed by atoms with Crippen molar-refractivity contribution in [2.24, 2.45) is 11.7 Å². The molecule has 2 aromatic heterocycles. The zero-order valence-electron chi connectivity index (χ0n) is 9.76. The second kappa shape index (κ2) is 4.43. The minimum absolute atomic E-state index is 0.507. The summed E-state index contributed by atoms with van der Waals surface area (Å²) < 4.78 is 2.07. The van der Waals surface area contributed by atoms with E-state index in [2.05, 4.69) is 19.9 Å². The summed E-state index contributed by atoms with van der Waals surface area (Å²) in [7, 11) is 0. The molecule has 5 heteroatoms. The van der Waals surface area contributed by atoms with Crippen LogP contribution in [0.15, 0.2) is 18.3 Å². The van der Waals surface area contributed by atoms with Gasteiger partial charge < -0.3 is 11.1 Å². The monoisotopic (exact) mass is 231 g/mol. The molecule has 3 heterocycles. The summed E-state index contributed by atoms with van der Waals surface area (Å²) >= 11 is 0. The topological polar surface area (TPSA) is 68.2 Å². The van der Waals surface area contributed by atoms with Gasteiger partial charge in [-0.15, -0.1) is 10.2 Å². The Morgan fingerprint density at radius 2 is 2.41 bits per heavy atom. The first-order valence-corrected chi connectivity index (χ1v) is 6.11. The quantitative estimate of drug-likeness (QED) is 0.799. The highest BCUT2D eigenvalue weighted by Gasteiger charge is 2.18. The molecule has 2 aromatic rings. The first-order chi connectivity index (χ1) is 8.38. The maximum Gasteiger partial charge on any atom is 0.165 e. The van der Waals surface area contributed by atoms with Crippen LogP contribution in [0.25, 0.3) is 5.65 Å². The molecule has 1 aliphatic rings. The third-order valence-electron chi connectivity index (χ3n) is 3.44. The predicted octanol–water partition coefficient (Wildman–Crippen LogP) is 0.340. The molecule has 17 heavy (non-hydrogen) atoms. The molecule has 0 bridgehead atoms. The molecular weight excluding hydrogens is 214 g/mol. The van der Waals surface area contributed by atoms with E-state index < -0.39 is 0 Å². The number of hydrogen-bond donors (Lipinski definition) is 2. The van der Waals surface area contributed by atoms with E-state index in [0.29, 0.717) is 12.5 Å². The van der Waals surface area contributed by atoms with Gasteiger partial charge in [-0.05, 0) is 31.5 Å². The lowest BCUT2D eigenvalue weighted by molar-refractivity contribution is 0.558. The number of nitrogens with two attached hydrogens (primary N) is 1. The lowest BCUT2D eigenvalue weighted by Crippen LogP contribution is -2.12. The second-order valence-electron chi connectivity index (χ2n) is 4.61. The molecule has 0 saturated carbocycles. The zero-order valence-corrected chi connectivity index (χ0v) is 9.76. The number of nitrogens with one attached hydrogen (secondary N) is 1. The summed E-state index contributed by atoms with van der Waals surface area (Å²) in [6.07, 6.45) is 4.24. The standard InChI is InChI=1S/C12H17N5/c13-7-10-2-1-5-17-11(15-16-12(10)17)6-9-3-4-14-8-9/h1-2,5,9,14H,3-4,6-8,13H2. The molecule has 5 nitrogen and oxygen atoms in total. The Morgan fingerprint density at radius 1 is 1.47 bits per heavy atom. The van der Waals surface area contributed by atoms with Crippen LogP contribution in [0, 0.1) is 5.92 Å². The summed E-state index contributed by atoms with van der Waals surface area (Å²) in [5.41, 5.74) is 7.65. The second-order valence-corrected chi connectivity index (χ2v) is 4.61. The van der Waals surface area contributed by atoms with E-state index in [4.69, 9.17) is 5.73 Å². The highest BCUT2D eigenvalue weighted by molar-refractivity contribution is 5.47. The van der Waals surface area contributed by atoms with Crippen molar-refractivity contribution in [1.29, 1.82) is 0 Å². The molecule has 1 atom stereocenters. The lowest BCUT2D eigenvalue weighted by atomic mass is 10.0. The van der Waals surface area contributed by atoms with Crippen molar-refractivity contribution in [2.75, 3.05) is 13.1 Å². The fourth-order valence-corrected chi connectivity index (χ4v) is 2.46. The Kier molecular flexibility index (Phi) is 2.78. The SMILES string of the molecule is NCc1cccn2c(CC3CCNC3)nnc12. The largest absolute Gasteiger partial charge is 0.326 e. The van der Waals surface area contributed by atoms with Gasteiger partial charge in [0, 0.05) is 24.7 Å². The van der Waals surface area contributed by atoms with Crippen LogP contribution in [-0.2, 0) is 13.0 Å². The van der Waals surface area contributed by atoms with Crippen LogP contribution in [0.3, 0.4) is 0 Å². The number of hydrogen-bond acceptors (Lipinski definition) is 4. The Bertz CT molecular complexity index is 513. The van der Waals surface area contributed by atoms with Gasteiger partial charge in [0.05, 0.1) is 0 Å². The van der Waals surface area contributed by atoms with Crippen molar-refractivity contribution in [3.8, 4) is 0 Å². The molecule has 1 aliphatic heterocycles. The van der Waals surface area contributed by atoms with Crippen molar-refractivity contribution >= 4 is 5.65 Å². The van der Waals surface area contributed by atoms with E-state index in [-0.39, 0.29) is 0 Å². The van der Waals surface area contributed by atoms with E-state index in [1.54, 1.807) is 0 Å². The fraction of sp³-hybridized carbons (Fsp3) is 0.500. The number of nitrogens with zero attached hydrogens (tertiary/aromatic N) is 3. The highest BCUT2D eigenvalue weighted by atomic mass is 15.2. The molecule has 1 fully saturated rings. The molecule has 0 amide bonds. The number of aromatic nitrogens is 3. The van der Waals surface area contributed by atoms with E-state index in [0.717, 1.165) is 36.5 Å². The summed E-state index contributed by atoms with van der Waals surface area (Å²) in [5, 5.41) is 11.9. The van der Waals surface area contributed by atoms with Gasteiger partial charge >= 0.3 is 0 Å². The van der Waals surface area contributed by atoms with Crippen LogP contribution in [-0.4, -0.2) is 27.7 Å². The molecule has 1 unspecified atom stereocenters. The zero-order chi connectivity index (χ0) is 11.7. The van der Waals surface area contributed by atoms with Crippen LogP contribution in [0.2, 0.25) is 0 Å². The van der Waals surface area contributed by atoms with Crippen molar-refractivity contribution < 1.29 is 0 Å². The maximum absolute atomic E-state index is 5.70. The molecule has 0 aromatic carbocycles. The minimum atomic E-state index is 0.507. The maximum atomic E-state index is 5.70. The van der Waals surface area contributed by atoms with E-state index >= 15 is 0 Å². The van der Waals surface area contributed by atoms with Gasteiger partial charge in [-0.1, -0.05) is 6.07 Å². The third-order valence-corrected chi connectivity index (χ3v) is 3.44. The molecule has 3 N–H and O–H groups in total. The van der Waals surface area contributed by atoms with Crippen LogP contribution in [0.5, 0.6) is 0 Å². The number of rotatable bonds is 3. The highest BCUT2D eigenvalue weighted by Crippen LogP contribution is 2.16. The smallest absolute Gasteiger partial charge is 0.165 e. The Morgan fingerprint density at radius 3 is 3.18 bits per heavy atom. The van der Waals surface area contributed by atoms with Crippen LogP contribution < -0.4 is 11.1 Å². The third kappa shape index (κ3) is 1.92. The first-order valence-electron chi connectivity index (χ1n) is 6.11. The van der Waals surface area contributed by atoms with Crippen LogP contribution in [0.4, 0.5) is 0 Å². The summed E-state index contributed by atoms with van der Waals surface area (Å²) in [4.78, 5) is 0. The molecule has 90 valence electrons. The fourth-order valence-electron chi connectivity index (χ4n) is 2.46. The van der Waals surface area contributed by atoms with Crippen molar-refractivity contribution in [1.82, 2.24) is 19.9 Å². The van der Waals surface area contributed by atoms with Gasteiger partial charge in [-0.3, -0.25) is 4.40 Å². The Balaban J connectivity index is 1.94. The van der Waals surface area contributed by atoms with Crippen molar-refractivity contribution in [3.05, 3.63) is 29.7 Å². The van der Waals surface area contributed by atoms with Gasteiger partial charge in [0.25, 0.3) is 0 Å². The van der Waals surface area contributed by atoms with Gasteiger partial charge in [-0.2, -0.15) is 0 Å². The molecule has 0 spiro atoms. The average molecular weight is 231 g/mol.